The van der Waals surface area contributed by atoms with Crippen molar-refractivity contribution in [2.24, 2.45) is 5.92 Å². The largest absolute Gasteiger partial charge is 0.508 e. The van der Waals surface area contributed by atoms with E-state index in [-0.39, 0.29) is 22.9 Å². The van der Waals surface area contributed by atoms with Gasteiger partial charge < -0.3 is 20.1 Å². The minimum absolute atomic E-state index is 0.0586. The molecule has 3 heterocycles. The molecule has 1 aromatic heterocycles. The van der Waals surface area contributed by atoms with Crippen molar-refractivity contribution in [3.63, 3.8) is 0 Å². The summed E-state index contributed by atoms with van der Waals surface area (Å²) in [6.45, 7) is -0.312. The molecular formula is C29H20F3N3O6S2. The molecule has 3 atom stereocenters. The average Bonchev–Trinajstić information content (AvgIpc) is 3.47. The Kier molecular flexibility index (Phi) is 7.26. The number of imide groups is 1. The van der Waals surface area contributed by atoms with Crippen LogP contribution in [0.3, 0.4) is 0 Å². The molecule has 4 aromatic rings. The van der Waals surface area contributed by atoms with Crippen LogP contribution in [0, 0.1) is 5.92 Å². The Morgan fingerprint density at radius 2 is 1.72 bits per heavy atom. The van der Waals surface area contributed by atoms with Crippen LogP contribution in [0.5, 0.6) is 11.5 Å². The summed E-state index contributed by atoms with van der Waals surface area (Å²) < 4.78 is 45.7. The number of aromatic nitrogens is 1. The summed E-state index contributed by atoms with van der Waals surface area (Å²) in [6.07, 6.45) is -4.66. The standard InChI is InChI=1S/C29H20F3N3O6S2/c30-29(31,32)15-2-1-3-17(12-15)35-26(38)22-21(23-25(34-28(40)43-23)42-24(22)27(35)39)14-4-10-19(11-5-14)41-13-20(37)33-16-6-8-18(36)9-7-16/h1-12,21-22,24,36H,13H2,(H,33,37)(H,34,40)/t21-,22?,24?/m1/s1. The maximum Gasteiger partial charge on any atom is 0.416 e. The number of alkyl halides is 3. The zero-order chi connectivity index (χ0) is 30.5. The lowest BCUT2D eigenvalue weighted by Gasteiger charge is -2.29. The van der Waals surface area contributed by atoms with Crippen LogP contribution in [0.1, 0.15) is 21.9 Å². The smallest absolute Gasteiger partial charge is 0.416 e. The third-order valence-corrected chi connectivity index (χ3v) is 9.42. The van der Waals surface area contributed by atoms with Crippen molar-refractivity contribution in [3.8, 4) is 11.5 Å². The Hall–Kier alpha value is -4.56. The summed E-state index contributed by atoms with van der Waals surface area (Å²) in [6, 6.07) is 16.5. The molecule has 2 aliphatic rings. The van der Waals surface area contributed by atoms with Gasteiger partial charge in [0.2, 0.25) is 11.8 Å². The first-order valence-electron chi connectivity index (χ1n) is 12.8. The molecular weight excluding hydrogens is 607 g/mol. The number of nitrogens with zero attached hydrogens (tertiary/aromatic N) is 1. The average molecular weight is 628 g/mol. The molecule has 3 N–H and O–H groups in total. The van der Waals surface area contributed by atoms with E-state index in [9.17, 15) is 37.5 Å². The lowest BCUT2D eigenvalue weighted by molar-refractivity contribution is -0.137. The van der Waals surface area contributed by atoms with Gasteiger partial charge in [-0.25, -0.2) is 4.90 Å². The number of phenols is 1. The van der Waals surface area contributed by atoms with E-state index in [1.807, 2.05) is 0 Å². The number of aromatic hydroxyl groups is 1. The highest BCUT2D eigenvalue weighted by Gasteiger charge is 2.56. The molecule has 2 aliphatic heterocycles. The van der Waals surface area contributed by atoms with Gasteiger partial charge in [-0.05, 0) is 60.2 Å². The van der Waals surface area contributed by atoms with Crippen LogP contribution < -0.4 is 19.8 Å². The van der Waals surface area contributed by atoms with Gasteiger partial charge in [-0.3, -0.25) is 19.2 Å². The third-order valence-electron chi connectivity index (χ3n) is 7.02. The summed E-state index contributed by atoms with van der Waals surface area (Å²) in [5.41, 5.74) is -0.104. The number of fused-ring (bicyclic) bond motifs is 2. The zero-order valence-electron chi connectivity index (χ0n) is 21.8. The number of amides is 3. The Bertz CT molecular complexity index is 1790. The molecule has 220 valence electrons. The molecule has 0 radical (unpaired) electrons. The van der Waals surface area contributed by atoms with E-state index in [0.29, 0.717) is 26.9 Å². The molecule has 2 unspecified atom stereocenters. The van der Waals surface area contributed by atoms with Crippen LogP contribution >= 0.6 is 23.1 Å². The second-order valence-electron chi connectivity index (χ2n) is 9.76. The summed E-state index contributed by atoms with van der Waals surface area (Å²) in [7, 11) is 0. The molecule has 3 amide bonds. The predicted molar refractivity (Wildman–Crippen MR) is 153 cm³/mol. The molecule has 14 heteroatoms. The lowest BCUT2D eigenvalue weighted by Crippen LogP contribution is -2.32. The van der Waals surface area contributed by atoms with Crippen molar-refractivity contribution in [1.82, 2.24) is 4.98 Å². The number of hydrogen-bond acceptors (Lipinski definition) is 8. The van der Waals surface area contributed by atoms with Gasteiger partial charge in [-0.2, -0.15) is 13.2 Å². The minimum atomic E-state index is -4.66. The number of benzene rings is 3. The Labute approximate surface area is 249 Å². The highest BCUT2D eigenvalue weighted by Crippen LogP contribution is 2.53. The van der Waals surface area contributed by atoms with Gasteiger partial charge in [0, 0.05) is 16.5 Å². The molecule has 1 fully saturated rings. The number of ether oxygens (including phenoxy) is 1. The van der Waals surface area contributed by atoms with Gasteiger partial charge in [-0.15, -0.1) is 0 Å². The van der Waals surface area contributed by atoms with E-state index in [0.717, 1.165) is 46.2 Å². The van der Waals surface area contributed by atoms with Gasteiger partial charge in [0.05, 0.1) is 22.2 Å². The van der Waals surface area contributed by atoms with Crippen LogP contribution in [0.4, 0.5) is 24.5 Å². The fourth-order valence-corrected chi connectivity index (χ4v) is 7.63. The van der Waals surface area contributed by atoms with Crippen LogP contribution in [-0.2, 0) is 20.6 Å². The fraction of sp³-hybridized carbons (Fsp3) is 0.172. The van der Waals surface area contributed by atoms with Crippen molar-refractivity contribution in [2.75, 3.05) is 16.8 Å². The van der Waals surface area contributed by atoms with E-state index in [1.54, 1.807) is 24.3 Å². The number of thiazole rings is 1. The molecule has 0 bridgehead atoms. The Balaban J connectivity index is 1.25. The molecule has 43 heavy (non-hydrogen) atoms. The van der Waals surface area contributed by atoms with E-state index in [1.165, 1.54) is 30.3 Å². The quantitative estimate of drug-likeness (QED) is 0.203. The van der Waals surface area contributed by atoms with Gasteiger partial charge in [0.15, 0.2) is 6.61 Å². The van der Waals surface area contributed by atoms with Crippen molar-refractivity contribution < 1.29 is 37.4 Å². The zero-order valence-corrected chi connectivity index (χ0v) is 23.4. The first kappa shape index (κ1) is 28.6. The number of carbonyl (C=O) groups excluding carboxylic acids is 3. The summed E-state index contributed by atoms with van der Waals surface area (Å²) in [5.74, 6) is -3.07. The third kappa shape index (κ3) is 5.50. The van der Waals surface area contributed by atoms with Crippen molar-refractivity contribution in [3.05, 3.63) is 98.5 Å². The van der Waals surface area contributed by atoms with Crippen molar-refractivity contribution >= 4 is 52.2 Å². The minimum Gasteiger partial charge on any atom is -0.508 e. The number of aromatic amines is 1. The van der Waals surface area contributed by atoms with Gasteiger partial charge in [0.1, 0.15) is 16.7 Å². The lowest BCUT2D eigenvalue weighted by atomic mass is 9.83. The fourth-order valence-electron chi connectivity index (χ4n) is 5.11. The molecule has 6 rings (SSSR count). The monoisotopic (exact) mass is 627 g/mol. The topological polar surface area (TPSA) is 129 Å². The number of phenolic OH excluding ortho intramolecular Hbond substituents is 1. The maximum atomic E-state index is 13.8. The Morgan fingerprint density at radius 1 is 1.00 bits per heavy atom. The summed E-state index contributed by atoms with van der Waals surface area (Å²) in [5, 5.41) is 11.5. The molecule has 3 aromatic carbocycles. The highest BCUT2D eigenvalue weighted by atomic mass is 32.2. The van der Waals surface area contributed by atoms with Gasteiger partial charge in [-0.1, -0.05) is 41.3 Å². The second-order valence-corrected chi connectivity index (χ2v) is 11.9. The molecule has 0 spiro atoms. The van der Waals surface area contributed by atoms with E-state index >= 15 is 0 Å². The molecule has 0 saturated carbocycles. The molecule has 9 nitrogen and oxygen atoms in total. The van der Waals surface area contributed by atoms with E-state index in [2.05, 4.69) is 10.3 Å². The van der Waals surface area contributed by atoms with E-state index in [4.69, 9.17) is 4.74 Å². The van der Waals surface area contributed by atoms with Crippen LogP contribution in [-0.4, -0.2) is 39.7 Å². The predicted octanol–water partition coefficient (Wildman–Crippen LogP) is 4.97. The number of nitrogens with one attached hydrogen (secondary N) is 2. The number of anilines is 2. The van der Waals surface area contributed by atoms with E-state index < -0.39 is 46.5 Å². The SMILES string of the molecule is O=C(COc1ccc([C@H]2c3sc(=O)[nH]c3SC3C(=O)N(c4cccc(C(F)(F)F)c4)C(=O)C32)cc1)Nc1ccc(O)cc1. The number of halogens is 3. The normalized spacial score (nSPS) is 19.6. The van der Waals surface area contributed by atoms with Crippen LogP contribution in [0.15, 0.2) is 82.6 Å². The first-order valence-corrected chi connectivity index (χ1v) is 14.5. The van der Waals surface area contributed by atoms with Gasteiger partial charge in [0.25, 0.3) is 5.91 Å². The summed E-state index contributed by atoms with van der Waals surface area (Å²) >= 11 is 1.93. The second kappa shape index (κ2) is 10.9. The van der Waals surface area contributed by atoms with Crippen LogP contribution in [0.25, 0.3) is 0 Å². The summed E-state index contributed by atoms with van der Waals surface area (Å²) in [4.78, 5) is 55.5. The Morgan fingerprint density at radius 3 is 2.42 bits per heavy atom. The number of rotatable bonds is 6. The number of thioether (sulfide) groups is 1. The number of carbonyl (C=O) groups is 3. The first-order chi connectivity index (χ1) is 20.5. The van der Waals surface area contributed by atoms with Crippen molar-refractivity contribution in [2.45, 2.75) is 22.4 Å². The van der Waals surface area contributed by atoms with Crippen molar-refractivity contribution in [1.29, 1.82) is 0 Å². The molecule has 0 aliphatic carbocycles. The van der Waals surface area contributed by atoms with Gasteiger partial charge >= 0.3 is 11.0 Å². The number of H-pyrrole nitrogens is 1. The van der Waals surface area contributed by atoms with Crippen LogP contribution in [0.2, 0.25) is 0 Å². The molecule has 1 saturated heterocycles. The number of hydrogen-bond donors (Lipinski definition) is 3. The maximum absolute atomic E-state index is 13.8. The highest BCUT2D eigenvalue weighted by molar-refractivity contribution is 8.00.